The van der Waals surface area contributed by atoms with Crippen LogP contribution in [-0.4, -0.2) is 29.9 Å². The molecule has 1 unspecified atom stereocenters. The lowest BCUT2D eigenvalue weighted by molar-refractivity contribution is -0.118. The first kappa shape index (κ1) is 13.0. The van der Waals surface area contributed by atoms with Crippen molar-refractivity contribution in [2.45, 2.75) is 19.4 Å². The number of carbonyl (C=O) groups excluding carboxylic acids is 2. The van der Waals surface area contributed by atoms with Gasteiger partial charge in [-0.2, -0.15) is 0 Å². The number of hydrogen-bond acceptors (Lipinski definition) is 4. The molecule has 1 atom stereocenters. The molecular weight excluding hydrogens is 220 g/mol. The number of hydrogen-bond donors (Lipinski definition) is 3. The molecule has 0 bridgehead atoms. The summed E-state index contributed by atoms with van der Waals surface area (Å²) in [5.41, 5.74) is 5.34. The average molecular weight is 236 g/mol. The van der Waals surface area contributed by atoms with Crippen molar-refractivity contribution in [1.29, 1.82) is 0 Å². The maximum Gasteiger partial charge on any atom is 0.270 e. The summed E-state index contributed by atoms with van der Waals surface area (Å²) >= 11 is 0. The number of nitrogens with zero attached hydrogens (tertiary/aromatic N) is 1. The zero-order chi connectivity index (χ0) is 12.8. The van der Waals surface area contributed by atoms with E-state index in [9.17, 15) is 9.59 Å². The Bertz CT molecular complexity index is 420. The number of nitrogens with two attached hydrogens (primary N) is 1. The van der Waals surface area contributed by atoms with E-state index < -0.39 is 5.91 Å². The highest BCUT2D eigenvalue weighted by atomic mass is 16.2. The van der Waals surface area contributed by atoms with Crippen molar-refractivity contribution >= 4 is 17.6 Å². The summed E-state index contributed by atoms with van der Waals surface area (Å²) in [5, 5.41) is 5.49. The molecule has 6 heteroatoms. The van der Waals surface area contributed by atoms with Crippen LogP contribution in [-0.2, 0) is 4.79 Å². The molecule has 0 aliphatic carbocycles. The van der Waals surface area contributed by atoms with E-state index in [-0.39, 0.29) is 18.4 Å². The van der Waals surface area contributed by atoms with Gasteiger partial charge in [-0.05, 0) is 19.1 Å². The minimum absolute atomic E-state index is 0.109. The molecule has 0 saturated heterocycles. The molecule has 6 nitrogen and oxygen atoms in total. The Balaban J connectivity index is 2.66. The third-order valence-electron chi connectivity index (χ3n) is 2.12. The number of rotatable bonds is 5. The van der Waals surface area contributed by atoms with Gasteiger partial charge in [0.25, 0.3) is 5.91 Å². The second kappa shape index (κ2) is 5.83. The lowest BCUT2D eigenvalue weighted by Crippen LogP contribution is -2.36. The Labute approximate surface area is 99.6 Å². The summed E-state index contributed by atoms with van der Waals surface area (Å²) in [6.45, 7) is 1.71. The topological polar surface area (TPSA) is 97.1 Å². The predicted octanol–water partition coefficient (Wildman–Crippen LogP) is 0.117. The average Bonchev–Trinajstić information content (AvgIpc) is 2.27. The van der Waals surface area contributed by atoms with E-state index >= 15 is 0 Å². The van der Waals surface area contributed by atoms with Crippen LogP contribution < -0.4 is 16.4 Å². The smallest absolute Gasteiger partial charge is 0.270 e. The molecule has 1 aromatic heterocycles. The summed E-state index contributed by atoms with van der Waals surface area (Å²) in [6.07, 6.45) is 0.109. The molecule has 4 N–H and O–H groups in total. The summed E-state index contributed by atoms with van der Waals surface area (Å²) in [5.74, 6) is -0.161. The lowest BCUT2D eigenvalue weighted by atomic mass is 10.2. The zero-order valence-electron chi connectivity index (χ0n) is 9.86. The monoisotopic (exact) mass is 236 g/mol. The van der Waals surface area contributed by atoms with Gasteiger partial charge in [0.1, 0.15) is 11.5 Å². The number of aromatic nitrogens is 1. The van der Waals surface area contributed by atoms with Crippen LogP contribution >= 0.6 is 0 Å². The van der Waals surface area contributed by atoms with Crippen LogP contribution in [0.2, 0.25) is 0 Å². The molecule has 0 saturated carbocycles. The maximum absolute atomic E-state index is 11.8. The van der Waals surface area contributed by atoms with Gasteiger partial charge in [-0.1, -0.05) is 6.07 Å². The molecule has 0 spiro atoms. The van der Waals surface area contributed by atoms with Crippen molar-refractivity contribution in [2.24, 2.45) is 5.73 Å². The SMILES string of the molecule is CNc1cccc(C(=O)NC(C)CC(N)=O)n1. The Morgan fingerprint density at radius 1 is 1.47 bits per heavy atom. The molecule has 17 heavy (non-hydrogen) atoms. The van der Waals surface area contributed by atoms with Gasteiger partial charge < -0.3 is 16.4 Å². The number of amides is 2. The lowest BCUT2D eigenvalue weighted by Gasteiger charge is -2.11. The van der Waals surface area contributed by atoms with Gasteiger partial charge in [0, 0.05) is 19.5 Å². The van der Waals surface area contributed by atoms with Gasteiger partial charge in [-0.3, -0.25) is 9.59 Å². The highest BCUT2D eigenvalue weighted by Crippen LogP contribution is 2.04. The molecule has 92 valence electrons. The molecule has 0 aromatic carbocycles. The Morgan fingerprint density at radius 2 is 2.18 bits per heavy atom. The highest BCUT2D eigenvalue weighted by molar-refractivity contribution is 5.93. The first-order valence-corrected chi connectivity index (χ1v) is 5.27. The van der Waals surface area contributed by atoms with Gasteiger partial charge in [0.15, 0.2) is 0 Å². The number of primary amides is 1. The summed E-state index contributed by atoms with van der Waals surface area (Å²) in [7, 11) is 1.72. The van der Waals surface area contributed by atoms with Crippen molar-refractivity contribution in [3.63, 3.8) is 0 Å². The van der Waals surface area contributed by atoms with E-state index in [1.807, 2.05) is 0 Å². The Kier molecular flexibility index (Phi) is 4.45. The van der Waals surface area contributed by atoms with Crippen LogP contribution in [0.15, 0.2) is 18.2 Å². The zero-order valence-corrected chi connectivity index (χ0v) is 9.86. The molecule has 0 aliphatic heterocycles. The molecule has 0 radical (unpaired) electrons. The fourth-order valence-electron chi connectivity index (χ4n) is 1.35. The Morgan fingerprint density at radius 3 is 2.76 bits per heavy atom. The molecule has 0 fully saturated rings. The van der Waals surface area contributed by atoms with Crippen LogP contribution in [0, 0.1) is 0 Å². The number of nitrogens with one attached hydrogen (secondary N) is 2. The van der Waals surface area contributed by atoms with Crippen molar-refractivity contribution in [1.82, 2.24) is 10.3 Å². The van der Waals surface area contributed by atoms with Gasteiger partial charge in [-0.25, -0.2) is 4.98 Å². The minimum atomic E-state index is -0.449. The van der Waals surface area contributed by atoms with Crippen LogP contribution in [0.5, 0.6) is 0 Å². The summed E-state index contributed by atoms with van der Waals surface area (Å²) in [4.78, 5) is 26.5. The summed E-state index contributed by atoms with van der Waals surface area (Å²) < 4.78 is 0. The van der Waals surface area contributed by atoms with Crippen LogP contribution in [0.4, 0.5) is 5.82 Å². The van der Waals surface area contributed by atoms with Crippen molar-refractivity contribution in [3.05, 3.63) is 23.9 Å². The Hall–Kier alpha value is -2.11. The third kappa shape index (κ3) is 4.10. The van der Waals surface area contributed by atoms with Gasteiger partial charge >= 0.3 is 0 Å². The minimum Gasteiger partial charge on any atom is -0.373 e. The fraction of sp³-hybridized carbons (Fsp3) is 0.364. The number of anilines is 1. The highest BCUT2D eigenvalue weighted by Gasteiger charge is 2.12. The summed E-state index contributed by atoms with van der Waals surface area (Å²) in [6, 6.07) is 4.78. The van der Waals surface area contributed by atoms with Crippen LogP contribution in [0.25, 0.3) is 0 Å². The maximum atomic E-state index is 11.8. The quantitative estimate of drug-likeness (QED) is 0.676. The molecule has 1 rings (SSSR count). The van der Waals surface area contributed by atoms with E-state index in [2.05, 4.69) is 15.6 Å². The first-order chi connectivity index (χ1) is 8.02. The van der Waals surface area contributed by atoms with E-state index in [1.54, 1.807) is 32.2 Å². The second-order valence-electron chi connectivity index (χ2n) is 3.70. The molecule has 0 aliphatic rings. The predicted molar refractivity (Wildman–Crippen MR) is 64.5 cm³/mol. The van der Waals surface area contributed by atoms with Gasteiger partial charge in [0.05, 0.1) is 0 Å². The van der Waals surface area contributed by atoms with E-state index in [4.69, 9.17) is 5.73 Å². The largest absolute Gasteiger partial charge is 0.373 e. The van der Waals surface area contributed by atoms with E-state index in [1.165, 1.54) is 0 Å². The van der Waals surface area contributed by atoms with E-state index in [0.717, 1.165) is 0 Å². The fourth-order valence-corrected chi connectivity index (χ4v) is 1.35. The van der Waals surface area contributed by atoms with Gasteiger partial charge in [0.2, 0.25) is 5.91 Å². The molecule has 1 heterocycles. The number of pyridine rings is 1. The van der Waals surface area contributed by atoms with Crippen molar-refractivity contribution in [2.75, 3.05) is 12.4 Å². The van der Waals surface area contributed by atoms with E-state index in [0.29, 0.717) is 11.5 Å². The molecule has 1 aromatic rings. The van der Waals surface area contributed by atoms with Crippen LogP contribution in [0.1, 0.15) is 23.8 Å². The second-order valence-corrected chi connectivity index (χ2v) is 3.70. The standard InChI is InChI=1S/C11H16N4O2/c1-7(6-9(12)16)14-11(17)8-4-3-5-10(13-2)15-8/h3-5,7H,6H2,1-2H3,(H2,12,16)(H,13,15)(H,14,17). The van der Waals surface area contributed by atoms with Crippen LogP contribution in [0.3, 0.4) is 0 Å². The van der Waals surface area contributed by atoms with Gasteiger partial charge in [-0.15, -0.1) is 0 Å². The first-order valence-electron chi connectivity index (χ1n) is 5.27. The normalized spacial score (nSPS) is 11.6. The number of carbonyl (C=O) groups is 2. The molecular formula is C11H16N4O2. The third-order valence-corrected chi connectivity index (χ3v) is 2.12. The van der Waals surface area contributed by atoms with Crippen molar-refractivity contribution < 1.29 is 9.59 Å². The molecule has 2 amide bonds. The van der Waals surface area contributed by atoms with Crippen molar-refractivity contribution in [3.8, 4) is 0 Å².